The molecule has 2 rings (SSSR count). The number of aldehydes is 1. The van der Waals surface area contributed by atoms with E-state index in [2.05, 4.69) is 0 Å². The molecule has 0 unspecified atom stereocenters. The van der Waals surface area contributed by atoms with Crippen LogP contribution < -0.4 is 9.47 Å². The minimum Gasteiger partial charge on any atom is -0.493 e. The van der Waals surface area contributed by atoms with Gasteiger partial charge >= 0.3 is 0 Å². The summed E-state index contributed by atoms with van der Waals surface area (Å²) >= 11 is 6.33. The first-order valence-corrected chi connectivity index (χ1v) is 6.81. The Balaban J connectivity index is 2.52. The van der Waals surface area contributed by atoms with Gasteiger partial charge in [-0.1, -0.05) is 23.7 Å². The second-order valence-electron chi connectivity index (χ2n) is 4.42. The molecule has 0 radical (unpaired) electrons. The zero-order valence-electron chi connectivity index (χ0n) is 12.1. The maximum absolute atomic E-state index is 13.0. The van der Waals surface area contributed by atoms with E-state index >= 15 is 0 Å². The SMILES string of the molecule is COc1ccc(/C(Cl)=C(/C=O)c2ccc(F)cc2)cc1OC. The van der Waals surface area contributed by atoms with Crippen LogP contribution in [0.5, 0.6) is 11.5 Å². The number of hydrogen-bond acceptors (Lipinski definition) is 3. The van der Waals surface area contributed by atoms with Crippen molar-refractivity contribution in [1.29, 1.82) is 0 Å². The maximum atomic E-state index is 13.0. The highest BCUT2D eigenvalue weighted by Crippen LogP contribution is 2.34. The summed E-state index contributed by atoms with van der Waals surface area (Å²) in [4.78, 5) is 11.4. The van der Waals surface area contributed by atoms with Crippen LogP contribution in [0, 0.1) is 5.82 Å². The maximum Gasteiger partial charge on any atom is 0.161 e. The molecule has 0 fully saturated rings. The Morgan fingerprint density at radius 1 is 1.00 bits per heavy atom. The monoisotopic (exact) mass is 320 g/mol. The molecule has 0 aliphatic rings. The van der Waals surface area contributed by atoms with E-state index in [0.29, 0.717) is 28.9 Å². The Hall–Kier alpha value is -2.33. The summed E-state index contributed by atoms with van der Waals surface area (Å²) in [5.74, 6) is 0.684. The van der Waals surface area contributed by atoms with Crippen LogP contribution in [0.25, 0.3) is 10.6 Å². The molecule has 3 nitrogen and oxygen atoms in total. The lowest BCUT2D eigenvalue weighted by atomic mass is 10.0. The van der Waals surface area contributed by atoms with E-state index < -0.39 is 0 Å². The van der Waals surface area contributed by atoms with Crippen molar-refractivity contribution >= 4 is 28.5 Å². The predicted molar refractivity (Wildman–Crippen MR) is 84.7 cm³/mol. The molecule has 0 bridgehead atoms. The van der Waals surface area contributed by atoms with E-state index in [1.807, 2.05) is 0 Å². The van der Waals surface area contributed by atoms with Crippen molar-refractivity contribution in [3.8, 4) is 11.5 Å². The number of methoxy groups -OCH3 is 2. The third kappa shape index (κ3) is 3.28. The highest BCUT2D eigenvalue weighted by atomic mass is 35.5. The van der Waals surface area contributed by atoms with E-state index in [9.17, 15) is 9.18 Å². The minimum absolute atomic E-state index is 0.252. The lowest BCUT2D eigenvalue weighted by Crippen LogP contribution is -1.94. The smallest absolute Gasteiger partial charge is 0.161 e. The average Bonchev–Trinajstić information content (AvgIpc) is 2.56. The number of halogens is 2. The first-order valence-electron chi connectivity index (χ1n) is 6.44. The van der Waals surface area contributed by atoms with Crippen LogP contribution >= 0.6 is 11.6 Å². The average molecular weight is 321 g/mol. The lowest BCUT2D eigenvalue weighted by Gasteiger charge is -2.10. The van der Waals surface area contributed by atoms with Gasteiger partial charge in [0.1, 0.15) is 5.82 Å². The molecule has 0 spiro atoms. The molecule has 2 aromatic rings. The molecule has 0 N–H and O–H groups in total. The van der Waals surface area contributed by atoms with Crippen molar-refractivity contribution in [2.45, 2.75) is 0 Å². The molecule has 0 amide bonds. The van der Waals surface area contributed by atoms with Crippen molar-refractivity contribution in [3.05, 3.63) is 59.4 Å². The van der Waals surface area contributed by atoms with Gasteiger partial charge in [0.05, 0.1) is 19.3 Å². The molecule has 0 aromatic heterocycles. The van der Waals surface area contributed by atoms with Crippen LogP contribution in [0.3, 0.4) is 0 Å². The van der Waals surface area contributed by atoms with E-state index in [1.54, 1.807) is 18.2 Å². The Morgan fingerprint density at radius 3 is 2.14 bits per heavy atom. The number of rotatable bonds is 5. The number of carbonyl (C=O) groups is 1. The summed E-state index contributed by atoms with van der Waals surface area (Å²) < 4.78 is 23.4. The number of carbonyl (C=O) groups excluding carboxylic acids is 1. The van der Waals surface area contributed by atoms with Gasteiger partial charge in [-0.2, -0.15) is 0 Å². The van der Waals surface area contributed by atoms with E-state index in [1.165, 1.54) is 38.5 Å². The van der Waals surface area contributed by atoms with E-state index in [-0.39, 0.29) is 16.4 Å². The van der Waals surface area contributed by atoms with E-state index in [0.717, 1.165) is 0 Å². The molecular weight excluding hydrogens is 307 g/mol. The van der Waals surface area contributed by atoms with Crippen LogP contribution in [0.15, 0.2) is 42.5 Å². The zero-order chi connectivity index (χ0) is 16.1. The third-order valence-corrected chi connectivity index (χ3v) is 3.57. The molecule has 2 aromatic carbocycles. The van der Waals surface area contributed by atoms with Gasteiger partial charge in [0, 0.05) is 5.57 Å². The van der Waals surface area contributed by atoms with Crippen LogP contribution in [0.4, 0.5) is 4.39 Å². The summed E-state index contributed by atoms with van der Waals surface area (Å²) in [6.45, 7) is 0. The number of allylic oxidation sites excluding steroid dienone is 1. The van der Waals surface area contributed by atoms with Gasteiger partial charge in [0.2, 0.25) is 0 Å². The standard InChI is InChI=1S/C17H14ClFO3/c1-21-15-8-5-12(9-16(15)22-2)17(18)14(10-20)11-3-6-13(19)7-4-11/h3-10H,1-2H3/b17-14+. The molecule has 0 aliphatic carbocycles. The van der Waals surface area contributed by atoms with E-state index in [4.69, 9.17) is 21.1 Å². The van der Waals surface area contributed by atoms with Crippen LogP contribution in [-0.4, -0.2) is 20.5 Å². The van der Waals surface area contributed by atoms with Crippen molar-refractivity contribution in [1.82, 2.24) is 0 Å². The first-order chi connectivity index (χ1) is 10.6. The van der Waals surface area contributed by atoms with Gasteiger partial charge in [-0.15, -0.1) is 0 Å². The van der Waals surface area contributed by atoms with Crippen molar-refractivity contribution < 1.29 is 18.7 Å². The molecule has 114 valence electrons. The Labute approximate surface area is 132 Å². The van der Waals surface area contributed by atoms with Crippen molar-refractivity contribution in [2.24, 2.45) is 0 Å². The Bertz CT molecular complexity index is 708. The molecule has 22 heavy (non-hydrogen) atoms. The number of ether oxygens (including phenoxy) is 2. The largest absolute Gasteiger partial charge is 0.493 e. The van der Waals surface area contributed by atoms with Crippen molar-refractivity contribution in [3.63, 3.8) is 0 Å². The summed E-state index contributed by atoms with van der Waals surface area (Å²) in [7, 11) is 3.05. The Morgan fingerprint density at radius 2 is 1.59 bits per heavy atom. The summed E-state index contributed by atoms with van der Waals surface area (Å²) in [5.41, 5.74) is 1.41. The molecule has 0 heterocycles. The highest BCUT2D eigenvalue weighted by Gasteiger charge is 2.12. The summed E-state index contributed by atoms with van der Waals surface area (Å²) in [6.07, 6.45) is 0.645. The second-order valence-corrected chi connectivity index (χ2v) is 4.80. The van der Waals surface area contributed by atoms with Gasteiger partial charge in [0.15, 0.2) is 17.8 Å². The Kier molecular flexibility index (Phi) is 5.17. The van der Waals surface area contributed by atoms with Crippen LogP contribution in [0.1, 0.15) is 11.1 Å². The molecule has 0 aliphatic heterocycles. The number of hydrogen-bond donors (Lipinski definition) is 0. The summed E-state index contributed by atoms with van der Waals surface area (Å²) in [6, 6.07) is 10.6. The van der Waals surface area contributed by atoms with Crippen LogP contribution in [0.2, 0.25) is 0 Å². The predicted octanol–water partition coefficient (Wildman–Crippen LogP) is 4.15. The fourth-order valence-electron chi connectivity index (χ4n) is 2.00. The lowest BCUT2D eigenvalue weighted by molar-refractivity contribution is -0.103. The van der Waals surface area contributed by atoms with Gasteiger partial charge < -0.3 is 9.47 Å². The first kappa shape index (κ1) is 16.0. The van der Waals surface area contributed by atoms with Crippen LogP contribution in [-0.2, 0) is 4.79 Å². The second kappa shape index (κ2) is 7.09. The highest BCUT2D eigenvalue weighted by molar-refractivity contribution is 6.55. The third-order valence-electron chi connectivity index (χ3n) is 3.15. The molecule has 0 saturated heterocycles. The normalized spacial score (nSPS) is 11.6. The summed E-state index contributed by atoms with van der Waals surface area (Å²) in [5, 5.41) is 0.252. The fourth-order valence-corrected chi connectivity index (χ4v) is 2.28. The van der Waals surface area contributed by atoms with Gasteiger partial charge in [-0.3, -0.25) is 4.79 Å². The molecule has 0 saturated carbocycles. The number of benzene rings is 2. The van der Waals surface area contributed by atoms with Gasteiger partial charge in [0.25, 0.3) is 0 Å². The minimum atomic E-state index is -0.378. The van der Waals surface area contributed by atoms with Gasteiger partial charge in [-0.05, 0) is 41.5 Å². The molecule has 5 heteroatoms. The topological polar surface area (TPSA) is 35.5 Å². The molecular formula is C17H14ClFO3. The quantitative estimate of drug-likeness (QED) is 0.471. The fraction of sp³-hybridized carbons (Fsp3) is 0.118. The van der Waals surface area contributed by atoms with Crippen molar-refractivity contribution in [2.75, 3.05) is 14.2 Å². The zero-order valence-corrected chi connectivity index (χ0v) is 12.9. The molecule has 0 atom stereocenters. The van der Waals surface area contributed by atoms with Gasteiger partial charge in [-0.25, -0.2) is 4.39 Å².